The maximum Gasteiger partial charge on any atom is 0.259 e. The highest BCUT2D eigenvalue weighted by atomic mass is 127. The molecule has 0 aliphatic rings. The number of hydrazone groups is 1. The number of hydrogen-bond donors (Lipinski definition) is 2. The molecule has 0 aliphatic heterocycles. The number of halogens is 1. The second-order valence-corrected chi connectivity index (χ2v) is 7.24. The van der Waals surface area contributed by atoms with Gasteiger partial charge >= 0.3 is 0 Å². The van der Waals surface area contributed by atoms with E-state index in [-0.39, 0.29) is 12.5 Å². The lowest BCUT2D eigenvalue weighted by atomic mass is 10.2. The van der Waals surface area contributed by atoms with E-state index < -0.39 is 0 Å². The molecule has 0 spiro atoms. The first kappa shape index (κ1) is 19.9. The summed E-state index contributed by atoms with van der Waals surface area (Å²) in [5, 5.41) is 7.03. The van der Waals surface area contributed by atoms with E-state index in [0.717, 1.165) is 26.1 Å². The quantitative estimate of drug-likeness (QED) is 0.282. The van der Waals surface area contributed by atoms with Crippen LogP contribution in [0.5, 0.6) is 5.75 Å². The minimum atomic E-state index is -0.211. The Balaban J connectivity index is 1.41. The Kier molecular flexibility index (Phi) is 7.43. The van der Waals surface area contributed by atoms with Crippen LogP contribution < -0.4 is 15.5 Å². The fourth-order valence-corrected chi connectivity index (χ4v) is 2.72. The summed E-state index contributed by atoms with van der Waals surface area (Å²) in [7, 11) is 0. The van der Waals surface area contributed by atoms with Gasteiger partial charge < -0.3 is 10.1 Å². The standard InChI is InChI=1S/C22H20IN3O2/c23-19-8-10-20(11-9-19)24-15-22(27)26-25-14-17-6-12-21(13-7-17)28-16-18-4-2-1-3-5-18/h1-14,24H,15-16H2,(H,26,27)/b25-14-. The zero-order valence-corrected chi connectivity index (χ0v) is 17.3. The summed E-state index contributed by atoms with van der Waals surface area (Å²) in [6.45, 7) is 0.683. The number of carbonyl (C=O) groups is 1. The van der Waals surface area contributed by atoms with Crippen molar-refractivity contribution in [2.24, 2.45) is 5.10 Å². The molecule has 0 atom stereocenters. The first-order valence-electron chi connectivity index (χ1n) is 8.77. The van der Waals surface area contributed by atoms with Crippen LogP contribution in [0.15, 0.2) is 84.0 Å². The first-order chi connectivity index (χ1) is 13.7. The van der Waals surface area contributed by atoms with Crippen LogP contribution in [0.2, 0.25) is 0 Å². The van der Waals surface area contributed by atoms with E-state index in [9.17, 15) is 4.79 Å². The summed E-state index contributed by atoms with van der Waals surface area (Å²) in [5.74, 6) is 0.573. The van der Waals surface area contributed by atoms with Crippen LogP contribution in [0, 0.1) is 3.57 Å². The normalized spacial score (nSPS) is 10.6. The summed E-state index contributed by atoms with van der Waals surface area (Å²) in [5.41, 5.74) is 5.40. The number of rotatable bonds is 8. The van der Waals surface area contributed by atoms with Crippen molar-refractivity contribution in [3.63, 3.8) is 0 Å². The smallest absolute Gasteiger partial charge is 0.259 e. The number of nitrogens with one attached hydrogen (secondary N) is 2. The number of anilines is 1. The molecule has 1 amide bonds. The Morgan fingerprint density at radius 2 is 1.68 bits per heavy atom. The number of amides is 1. The van der Waals surface area contributed by atoms with E-state index in [1.807, 2.05) is 78.9 Å². The maximum absolute atomic E-state index is 11.8. The highest BCUT2D eigenvalue weighted by molar-refractivity contribution is 14.1. The second kappa shape index (κ2) is 10.5. The fourth-order valence-electron chi connectivity index (χ4n) is 2.36. The third kappa shape index (κ3) is 6.70. The fraction of sp³-hybridized carbons (Fsp3) is 0.0909. The molecule has 0 saturated carbocycles. The van der Waals surface area contributed by atoms with Crippen molar-refractivity contribution >= 4 is 40.4 Å². The van der Waals surface area contributed by atoms with Gasteiger partial charge in [0.25, 0.3) is 5.91 Å². The highest BCUT2D eigenvalue weighted by Crippen LogP contribution is 2.13. The van der Waals surface area contributed by atoms with Crippen LogP contribution in [0.25, 0.3) is 0 Å². The molecule has 3 aromatic rings. The van der Waals surface area contributed by atoms with Gasteiger partial charge in [-0.2, -0.15) is 5.10 Å². The molecule has 5 nitrogen and oxygen atoms in total. The zero-order valence-electron chi connectivity index (χ0n) is 15.1. The van der Waals surface area contributed by atoms with Crippen molar-refractivity contribution in [3.05, 3.63) is 93.6 Å². The van der Waals surface area contributed by atoms with Gasteiger partial charge in [-0.1, -0.05) is 30.3 Å². The van der Waals surface area contributed by atoms with Crippen LogP contribution in [0.4, 0.5) is 5.69 Å². The van der Waals surface area contributed by atoms with Crippen LogP contribution in [-0.2, 0) is 11.4 Å². The van der Waals surface area contributed by atoms with E-state index in [1.165, 1.54) is 0 Å². The first-order valence-corrected chi connectivity index (χ1v) is 9.85. The minimum absolute atomic E-state index is 0.157. The lowest BCUT2D eigenvalue weighted by Gasteiger charge is -2.06. The number of benzene rings is 3. The summed E-state index contributed by atoms with van der Waals surface area (Å²) in [6, 6.07) is 25.4. The highest BCUT2D eigenvalue weighted by Gasteiger charge is 2.00. The van der Waals surface area contributed by atoms with Gasteiger partial charge in [0.2, 0.25) is 0 Å². The predicted octanol–water partition coefficient (Wildman–Crippen LogP) is 4.43. The van der Waals surface area contributed by atoms with Crippen LogP contribution in [-0.4, -0.2) is 18.7 Å². The van der Waals surface area contributed by atoms with E-state index in [1.54, 1.807) is 6.21 Å². The molecule has 142 valence electrons. The molecule has 0 unspecified atom stereocenters. The maximum atomic E-state index is 11.8. The van der Waals surface area contributed by atoms with Crippen molar-refractivity contribution in [3.8, 4) is 5.75 Å². The molecule has 0 radical (unpaired) electrons. The lowest BCUT2D eigenvalue weighted by Crippen LogP contribution is -2.25. The van der Waals surface area contributed by atoms with Gasteiger partial charge in [0.05, 0.1) is 12.8 Å². The van der Waals surface area contributed by atoms with Crippen LogP contribution in [0.3, 0.4) is 0 Å². The summed E-state index contributed by atoms with van der Waals surface area (Å²) in [4.78, 5) is 11.8. The molecule has 6 heteroatoms. The van der Waals surface area contributed by atoms with E-state index in [4.69, 9.17) is 4.74 Å². The molecule has 2 N–H and O–H groups in total. The Hall–Kier alpha value is -2.87. The van der Waals surface area contributed by atoms with Gasteiger partial charge in [-0.25, -0.2) is 5.43 Å². The SMILES string of the molecule is O=C(CNc1ccc(I)cc1)N/N=C\c1ccc(OCc2ccccc2)cc1. The summed E-state index contributed by atoms with van der Waals surface area (Å²) >= 11 is 2.24. The van der Waals surface area contributed by atoms with Gasteiger partial charge in [-0.05, 0) is 82.2 Å². The van der Waals surface area contributed by atoms with Gasteiger partial charge in [0, 0.05) is 9.26 Å². The molecule has 0 aliphatic carbocycles. The van der Waals surface area contributed by atoms with Gasteiger partial charge in [-0.15, -0.1) is 0 Å². The number of carbonyl (C=O) groups excluding carboxylic acids is 1. The number of ether oxygens (including phenoxy) is 1. The van der Waals surface area contributed by atoms with Gasteiger partial charge in [0.1, 0.15) is 12.4 Å². The van der Waals surface area contributed by atoms with Crippen molar-refractivity contribution in [1.29, 1.82) is 0 Å². The Morgan fingerprint density at radius 3 is 2.39 bits per heavy atom. The minimum Gasteiger partial charge on any atom is -0.489 e. The van der Waals surface area contributed by atoms with Gasteiger partial charge in [-0.3, -0.25) is 4.79 Å². The third-order valence-corrected chi connectivity index (χ3v) is 4.55. The number of hydrogen-bond acceptors (Lipinski definition) is 4. The molecule has 0 bridgehead atoms. The van der Waals surface area contributed by atoms with Crippen LogP contribution in [0.1, 0.15) is 11.1 Å². The van der Waals surface area contributed by atoms with Crippen LogP contribution >= 0.6 is 22.6 Å². The van der Waals surface area contributed by atoms with E-state index in [2.05, 4.69) is 38.4 Å². The lowest BCUT2D eigenvalue weighted by molar-refractivity contribution is -0.119. The number of nitrogens with zero attached hydrogens (tertiary/aromatic N) is 1. The molecule has 3 rings (SSSR count). The van der Waals surface area contributed by atoms with Crippen molar-refractivity contribution in [1.82, 2.24) is 5.43 Å². The van der Waals surface area contributed by atoms with Crippen molar-refractivity contribution in [2.75, 3.05) is 11.9 Å². The van der Waals surface area contributed by atoms with Crippen molar-refractivity contribution < 1.29 is 9.53 Å². The van der Waals surface area contributed by atoms with E-state index >= 15 is 0 Å². The Bertz CT molecular complexity index is 911. The average molecular weight is 485 g/mol. The topological polar surface area (TPSA) is 62.7 Å². The third-order valence-electron chi connectivity index (χ3n) is 3.83. The molecular weight excluding hydrogens is 465 g/mol. The largest absolute Gasteiger partial charge is 0.489 e. The zero-order chi connectivity index (χ0) is 19.6. The van der Waals surface area contributed by atoms with E-state index in [0.29, 0.717) is 6.61 Å². The Labute approximate surface area is 178 Å². The van der Waals surface area contributed by atoms with Gasteiger partial charge in [0.15, 0.2) is 0 Å². The molecule has 0 fully saturated rings. The molecule has 0 heterocycles. The average Bonchev–Trinajstić information content (AvgIpc) is 2.73. The van der Waals surface area contributed by atoms with Crippen molar-refractivity contribution in [2.45, 2.75) is 6.61 Å². The molecule has 28 heavy (non-hydrogen) atoms. The monoisotopic (exact) mass is 485 g/mol. The summed E-state index contributed by atoms with van der Waals surface area (Å²) < 4.78 is 6.90. The molecular formula is C22H20IN3O2. The molecule has 0 saturated heterocycles. The Morgan fingerprint density at radius 1 is 0.964 bits per heavy atom. The second-order valence-electron chi connectivity index (χ2n) is 6.00. The predicted molar refractivity (Wildman–Crippen MR) is 121 cm³/mol. The summed E-state index contributed by atoms with van der Waals surface area (Å²) in [6.07, 6.45) is 1.60. The molecule has 0 aromatic heterocycles. The molecule has 3 aromatic carbocycles.